The van der Waals surface area contributed by atoms with Crippen LogP contribution in [0.5, 0.6) is 0 Å². The van der Waals surface area contributed by atoms with Crippen LogP contribution in [0.4, 0.5) is 10.1 Å². The van der Waals surface area contributed by atoms with Gasteiger partial charge in [0.05, 0.1) is 6.20 Å². The molecule has 2 rings (SSSR count). The van der Waals surface area contributed by atoms with E-state index in [1.165, 1.54) is 24.4 Å². The zero-order valence-electron chi connectivity index (χ0n) is 9.58. The van der Waals surface area contributed by atoms with Crippen LogP contribution in [0.15, 0.2) is 30.5 Å². The van der Waals surface area contributed by atoms with Gasteiger partial charge in [-0.15, -0.1) is 5.10 Å². The fourth-order valence-corrected chi connectivity index (χ4v) is 1.38. The van der Waals surface area contributed by atoms with Gasteiger partial charge in [0.15, 0.2) is 5.69 Å². The number of amides is 1. The zero-order chi connectivity index (χ0) is 13.8. The Morgan fingerprint density at radius 3 is 2.89 bits per heavy atom. The number of benzene rings is 1. The number of carbonyl (C=O) groups excluding carboxylic acids is 1. The van der Waals surface area contributed by atoms with E-state index in [-0.39, 0.29) is 17.9 Å². The second-order valence-corrected chi connectivity index (χ2v) is 3.66. The molecule has 2 aromatic rings. The fourth-order valence-electron chi connectivity index (χ4n) is 1.38. The molecule has 1 aromatic heterocycles. The molecule has 0 radical (unpaired) electrons. The van der Waals surface area contributed by atoms with E-state index < -0.39 is 17.7 Å². The number of rotatable bonds is 4. The summed E-state index contributed by atoms with van der Waals surface area (Å²) >= 11 is 0. The van der Waals surface area contributed by atoms with Gasteiger partial charge >= 0.3 is 5.97 Å². The molecule has 0 atom stereocenters. The highest BCUT2D eigenvalue weighted by molar-refractivity contribution is 6.02. The number of carbonyl (C=O) groups is 2. The second kappa shape index (κ2) is 5.25. The summed E-state index contributed by atoms with van der Waals surface area (Å²) in [7, 11) is 0. The number of nitrogens with zero attached hydrogens (tertiary/aromatic N) is 3. The average Bonchev–Trinajstić information content (AvgIpc) is 2.76. The summed E-state index contributed by atoms with van der Waals surface area (Å²) < 4.78 is 13.9. The van der Waals surface area contributed by atoms with Gasteiger partial charge in [-0.25, -0.2) is 9.07 Å². The summed E-state index contributed by atoms with van der Waals surface area (Å²) in [6.07, 6.45) is 1.20. The van der Waals surface area contributed by atoms with Gasteiger partial charge in [-0.1, -0.05) is 11.3 Å². The van der Waals surface area contributed by atoms with E-state index in [1.54, 1.807) is 0 Å². The maximum Gasteiger partial charge on any atom is 0.325 e. The molecule has 0 spiro atoms. The van der Waals surface area contributed by atoms with Gasteiger partial charge in [-0.2, -0.15) is 0 Å². The van der Waals surface area contributed by atoms with Crippen molar-refractivity contribution in [2.75, 3.05) is 5.32 Å². The van der Waals surface area contributed by atoms with E-state index in [9.17, 15) is 14.0 Å². The number of nitrogens with one attached hydrogen (secondary N) is 1. The molecule has 0 bridgehead atoms. The van der Waals surface area contributed by atoms with Crippen molar-refractivity contribution >= 4 is 17.6 Å². The van der Waals surface area contributed by atoms with Crippen LogP contribution < -0.4 is 5.32 Å². The Labute approximate surface area is 106 Å². The topological polar surface area (TPSA) is 97.1 Å². The van der Waals surface area contributed by atoms with Crippen LogP contribution in [0.2, 0.25) is 0 Å². The lowest BCUT2D eigenvalue weighted by molar-refractivity contribution is -0.137. The maximum atomic E-state index is 12.9. The molecule has 0 unspecified atom stereocenters. The molecule has 0 fully saturated rings. The molecule has 0 aliphatic rings. The summed E-state index contributed by atoms with van der Waals surface area (Å²) in [6, 6.07) is 5.37. The monoisotopic (exact) mass is 264 g/mol. The SMILES string of the molecule is O=C(O)Cn1cc(C(=O)Nc2cccc(F)c2)nn1. The largest absolute Gasteiger partial charge is 0.480 e. The minimum Gasteiger partial charge on any atom is -0.480 e. The second-order valence-electron chi connectivity index (χ2n) is 3.66. The normalized spacial score (nSPS) is 10.2. The molecule has 1 aromatic carbocycles. The third-order valence-electron chi connectivity index (χ3n) is 2.15. The van der Waals surface area contributed by atoms with Crippen molar-refractivity contribution in [3.8, 4) is 0 Å². The molecule has 7 nitrogen and oxygen atoms in total. The first kappa shape index (κ1) is 12.7. The van der Waals surface area contributed by atoms with Crippen molar-refractivity contribution in [1.82, 2.24) is 15.0 Å². The first-order chi connectivity index (χ1) is 9.04. The summed E-state index contributed by atoms with van der Waals surface area (Å²) in [5.41, 5.74) is 0.225. The van der Waals surface area contributed by atoms with Gasteiger partial charge in [-0.05, 0) is 18.2 Å². The van der Waals surface area contributed by atoms with Crippen LogP contribution >= 0.6 is 0 Å². The van der Waals surface area contributed by atoms with Crippen molar-refractivity contribution < 1.29 is 19.1 Å². The van der Waals surface area contributed by atoms with Crippen molar-refractivity contribution in [1.29, 1.82) is 0 Å². The number of carboxylic acids is 1. The molecule has 0 aliphatic carbocycles. The Kier molecular flexibility index (Phi) is 3.51. The minimum atomic E-state index is -1.10. The van der Waals surface area contributed by atoms with Gasteiger partial charge in [0.2, 0.25) is 0 Å². The van der Waals surface area contributed by atoms with Gasteiger partial charge in [-0.3, -0.25) is 9.59 Å². The zero-order valence-corrected chi connectivity index (χ0v) is 9.58. The van der Waals surface area contributed by atoms with Crippen LogP contribution in [-0.2, 0) is 11.3 Å². The minimum absolute atomic E-state index is 0.0505. The van der Waals surface area contributed by atoms with Crippen molar-refractivity contribution in [2.45, 2.75) is 6.54 Å². The molecule has 1 amide bonds. The van der Waals surface area contributed by atoms with E-state index >= 15 is 0 Å². The molecule has 2 N–H and O–H groups in total. The molecule has 0 aliphatic heterocycles. The first-order valence-electron chi connectivity index (χ1n) is 5.23. The van der Waals surface area contributed by atoms with E-state index in [4.69, 9.17) is 5.11 Å². The Hall–Kier alpha value is -2.77. The van der Waals surface area contributed by atoms with Gasteiger partial charge in [0.1, 0.15) is 12.4 Å². The number of hydrogen-bond donors (Lipinski definition) is 2. The Morgan fingerprint density at radius 2 is 2.21 bits per heavy atom. The van der Waals surface area contributed by atoms with Gasteiger partial charge in [0.25, 0.3) is 5.91 Å². The number of aliphatic carboxylic acids is 1. The molecule has 8 heteroatoms. The molecule has 0 saturated carbocycles. The quantitative estimate of drug-likeness (QED) is 0.849. The number of anilines is 1. The number of halogens is 1. The summed E-state index contributed by atoms with van der Waals surface area (Å²) in [6.45, 7) is -0.389. The van der Waals surface area contributed by atoms with Crippen molar-refractivity contribution in [3.05, 3.63) is 42.0 Å². The van der Waals surface area contributed by atoms with Crippen molar-refractivity contribution in [3.63, 3.8) is 0 Å². The number of aromatic nitrogens is 3. The third kappa shape index (κ3) is 3.35. The standard InChI is InChI=1S/C11H9FN4O3/c12-7-2-1-3-8(4-7)13-11(19)9-5-16(15-14-9)6-10(17)18/h1-5H,6H2,(H,13,19)(H,17,18). The lowest BCUT2D eigenvalue weighted by Crippen LogP contribution is -2.12. The molecule has 19 heavy (non-hydrogen) atoms. The summed E-state index contributed by atoms with van der Waals surface area (Å²) in [5.74, 6) is -2.17. The molecular formula is C11H9FN4O3. The average molecular weight is 264 g/mol. The Balaban J connectivity index is 2.07. The van der Waals surface area contributed by atoms with E-state index in [2.05, 4.69) is 15.6 Å². The number of carboxylic acid groups (broad SMARTS) is 1. The predicted molar refractivity (Wildman–Crippen MR) is 62.0 cm³/mol. The van der Waals surface area contributed by atoms with Crippen LogP contribution in [0.1, 0.15) is 10.5 Å². The fraction of sp³-hybridized carbons (Fsp3) is 0.0909. The molecule has 98 valence electrons. The third-order valence-corrected chi connectivity index (χ3v) is 2.15. The maximum absolute atomic E-state index is 12.9. The number of hydrogen-bond acceptors (Lipinski definition) is 4. The summed E-state index contributed by atoms with van der Waals surface area (Å²) in [4.78, 5) is 22.2. The summed E-state index contributed by atoms with van der Waals surface area (Å²) in [5, 5.41) is 18.0. The van der Waals surface area contributed by atoms with Gasteiger partial charge < -0.3 is 10.4 Å². The van der Waals surface area contributed by atoms with E-state index in [1.807, 2.05) is 0 Å². The highest BCUT2D eigenvalue weighted by Gasteiger charge is 2.12. The highest BCUT2D eigenvalue weighted by Crippen LogP contribution is 2.10. The molecule has 1 heterocycles. The highest BCUT2D eigenvalue weighted by atomic mass is 19.1. The van der Waals surface area contributed by atoms with Crippen LogP contribution in [0.25, 0.3) is 0 Å². The molecular weight excluding hydrogens is 255 g/mol. The van der Waals surface area contributed by atoms with Crippen LogP contribution in [-0.4, -0.2) is 32.0 Å². The van der Waals surface area contributed by atoms with E-state index in [0.29, 0.717) is 0 Å². The predicted octanol–water partition coefficient (Wildman–Crippen LogP) is 0.754. The Morgan fingerprint density at radius 1 is 1.42 bits per heavy atom. The van der Waals surface area contributed by atoms with Crippen LogP contribution in [0.3, 0.4) is 0 Å². The van der Waals surface area contributed by atoms with Crippen LogP contribution in [0, 0.1) is 5.82 Å². The van der Waals surface area contributed by atoms with Gasteiger partial charge in [0, 0.05) is 5.69 Å². The van der Waals surface area contributed by atoms with E-state index in [0.717, 1.165) is 10.7 Å². The lowest BCUT2D eigenvalue weighted by atomic mass is 10.3. The van der Waals surface area contributed by atoms with Crippen molar-refractivity contribution in [2.24, 2.45) is 0 Å². The first-order valence-corrected chi connectivity index (χ1v) is 5.23. The smallest absolute Gasteiger partial charge is 0.325 e. The Bertz CT molecular complexity index is 626. The molecule has 0 saturated heterocycles. The lowest BCUT2D eigenvalue weighted by Gasteiger charge is -2.01.